The van der Waals surface area contributed by atoms with Crippen LogP contribution in [0.3, 0.4) is 0 Å². The molecule has 1 aliphatic heterocycles. The van der Waals surface area contributed by atoms with Crippen LogP contribution in [0.25, 0.3) is 10.8 Å². The van der Waals surface area contributed by atoms with Crippen LogP contribution in [0.15, 0.2) is 46.3 Å². The van der Waals surface area contributed by atoms with Crippen LogP contribution in [0.4, 0.5) is 0 Å². The molecule has 0 spiro atoms. The highest BCUT2D eigenvalue weighted by Crippen LogP contribution is 2.43. The fraction of sp³-hybridized carbons (Fsp3) is 0.551. The maximum absolute atomic E-state index is 14.0. The number of esters is 1. The number of fused-ring (bicyclic) bond motifs is 2. The van der Waals surface area contributed by atoms with Crippen molar-refractivity contribution in [1.82, 2.24) is 25.6 Å². The third-order valence-corrected chi connectivity index (χ3v) is 12.9. The molecule has 0 fully saturated rings. The molecule has 3 aromatic carbocycles. The highest BCUT2D eigenvalue weighted by atomic mass is 32.2. The zero-order valence-electron chi connectivity index (χ0n) is 40.4. The molecular weight excluding hydrogens is 865 g/mol. The average molecular weight is 935 g/mol. The number of hydrogen-bond acceptors (Lipinski definition) is 10. The summed E-state index contributed by atoms with van der Waals surface area (Å²) in [5, 5.41) is 19.3. The molecular formula is C49H70N6O10S. The lowest BCUT2D eigenvalue weighted by atomic mass is 9.94. The van der Waals surface area contributed by atoms with Crippen LogP contribution in [0.2, 0.25) is 0 Å². The molecule has 3 aromatic rings. The summed E-state index contributed by atoms with van der Waals surface area (Å²) in [5.41, 5.74) is 2.38. The second kappa shape index (κ2) is 23.1. The van der Waals surface area contributed by atoms with E-state index in [0.29, 0.717) is 91.9 Å². The number of nitrogens with zero attached hydrogens (tertiary/aromatic N) is 2. The van der Waals surface area contributed by atoms with E-state index in [4.69, 9.17) is 9.47 Å². The smallest absolute Gasteiger partial charge is 0.336 e. The molecule has 0 aromatic heterocycles. The van der Waals surface area contributed by atoms with E-state index in [-0.39, 0.29) is 65.9 Å². The van der Waals surface area contributed by atoms with Gasteiger partial charge in [-0.15, -0.1) is 0 Å². The topological polar surface area (TPSA) is 222 Å². The Hall–Kier alpha value is -5.71. The van der Waals surface area contributed by atoms with Gasteiger partial charge in [-0.1, -0.05) is 30.7 Å². The van der Waals surface area contributed by atoms with Gasteiger partial charge in [0.05, 0.1) is 10.5 Å². The van der Waals surface area contributed by atoms with Crippen LogP contribution in [-0.2, 0) is 35.6 Å². The van der Waals surface area contributed by atoms with Gasteiger partial charge in [0.25, 0.3) is 15.9 Å². The van der Waals surface area contributed by atoms with Crippen molar-refractivity contribution in [3.63, 3.8) is 0 Å². The molecule has 0 aliphatic carbocycles. The van der Waals surface area contributed by atoms with Crippen molar-refractivity contribution in [3.8, 4) is 5.75 Å². The number of carbonyl (C=O) groups excluding carboxylic acids is 4. The van der Waals surface area contributed by atoms with Crippen LogP contribution in [-0.4, -0.2) is 105 Å². The van der Waals surface area contributed by atoms with Gasteiger partial charge in [0, 0.05) is 64.1 Å². The predicted octanol–water partition coefficient (Wildman–Crippen LogP) is 6.65. The summed E-state index contributed by atoms with van der Waals surface area (Å²) in [4.78, 5) is 69.8. The normalized spacial score (nSPS) is 13.9. The van der Waals surface area contributed by atoms with Crippen molar-refractivity contribution >= 4 is 56.4 Å². The molecule has 1 heterocycles. The molecule has 1 aliphatic rings. The number of guanidine groups is 1. The summed E-state index contributed by atoms with van der Waals surface area (Å²) in [6, 6.07) is 8.95. The molecule has 66 heavy (non-hydrogen) atoms. The van der Waals surface area contributed by atoms with Crippen molar-refractivity contribution < 1.29 is 47.0 Å². The number of benzene rings is 3. The minimum absolute atomic E-state index is 0.123. The molecule has 0 saturated carbocycles. The van der Waals surface area contributed by atoms with Gasteiger partial charge in [0.2, 0.25) is 17.8 Å². The second-order valence-electron chi connectivity index (χ2n) is 18.8. The summed E-state index contributed by atoms with van der Waals surface area (Å²) in [5.74, 6) is -1.47. The Bertz CT molecular complexity index is 2410. The number of unbranched alkanes of at least 4 members (excludes halogenated alkanes) is 4. The van der Waals surface area contributed by atoms with E-state index in [9.17, 15) is 37.5 Å². The first-order chi connectivity index (χ1) is 30.9. The number of carboxylic acids is 1. The highest BCUT2D eigenvalue weighted by molar-refractivity contribution is 7.90. The minimum atomic E-state index is -4.07. The van der Waals surface area contributed by atoms with Gasteiger partial charge in [0.1, 0.15) is 23.0 Å². The van der Waals surface area contributed by atoms with E-state index in [0.717, 1.165) is 16.9 Å². The van der Waals surface area contributed by atoms with E-state index in [1.165, 1.54) is 12.1 Å². The van der Waals surface area contributed by atoms with Crippen LogP contribution >= 0.6 is 0 Å². The fourth-order valence-corrected chi connectivity index (χ4v) is 9.64. The molecule has 0 unspecified atom stereocenters. The first-order valence-electron chi connectivity index (χ1n) is 22.8. The molecule has 17 heteroatoms. The number of amides is 3. The zero-order valence-corrected chi connectivity index (χ0v) is 41.2. The lowest BCUT2D eigenvalue weighted by molar-refractivity contribution is -0.154. The number of rotatable bonds is 22. The predicted molar refractivity (Wildman–Crippen MR) is 256 cm³/mol. The minimum Gasteiger partial charge on any atom is -0.487 e. The molecule has 362 valence electrons. The molecule has 0 saturated heterocycles. The fourth-order valence-electron chi connectivity index (χ4n) is 7.97. The van der Waals surface area contributed by atoms with Gasteiger partial charge >= 0.3 is 11.9 Å². The number of carbonyl (C=O) groups is 5. The van der Waals surface area contributed by atoms with Crippen molar-refractivity contribution in [2.45, 2.75) is 148 Å². The standard InChI is InChI=1S/C49H70N6O10S/c1-31-32(2)43(33(3)38-30-49(7,8)65-42(31)38)66(62,63)54-47(55(9)10)52-29-19-22-39(53-40(56)23-13-11-14-24-41(57)64-48(4,5)6)45(59)51-28-18-12-17-27-50-44(58)36-25-26-37(46(60)61)35-21-16-15-20-34(35)36/h15-16,20-21,25-26,39H,11-14,17-19,22-24,27-30H2,1-10H3,(H,50,58)(H,51,59)(H,52,54)(H,53,56)(H,60,61)/t39-/m0/s1. The Morgan fingerprint density at radius 3 is 2.08 bits per heavy atom. The number of carboxylic acid groups (broad SMARTS) is 1. The third kappa shape index (κ3) is 14.9. The van der Waals surface area contributed by atoms with Crippen LogP contribution in [0.1, 0.15) is 142 Å². The lowest BCUT2D eigenvalue weighted by Gasteiger charge is -2.22. The van der Waals surface area contributed by atoms with E-state index < -0.39 is 33.2 Å². The van der Waals surface area contributed by atoms with Crippen molar-refractivity contribution in [2.24, 2.45) is 4.99 Å². The summed E-state index contributed by atoms with van der Waals surface area (Å²) in [6.45, 7) is 15.7. The number of ether oxygens (including phenoxy) is 2. The molecule has 1 atom stereocenters. The van der Waals surface area contributed by atoms with Gasteiger partial charge in [-0.25, -0.2) is 17.9 Å². The van der Waals surface area contributed by atoms with E-state index in [2.05, 4.69) is 25.7 Å². The maximum Gasteiger partial charge on any atom is 0.336 e. The summed E-state index contributed by atoms with van der Waals surface area (Å²) in [7, 11) is -0.693. The van der Waals surface area contributed by atoms with Crippen molar-refractivity contribution in [3.05, 3.63) is 69.8 Å². The summed E-state index contributed by atoms with van der Waals surface area (Å²) < 4.78 is 42.2. The maximum atomic E-state index is 14.0. The second-order valence-corrected chi connectivity index (χ2v) is 20.4. The summed E-state index contributed by atoms with van der Waals surface area (Å²) in [6.07, 6.45) is 5.24. The van der Waals surface area contributed by atoms with Crippen LogP contribution < -0.4 is 25.4 Å². The number of sulfonamides is 1. The number of aromatic carboxylic acids is 1. The van der Waals surface area contributed by atoms with Crippen LogP contribution in [0.5, 0.6) is 5.75 Å². The lowest BCUT2D eigenvalue weighted by Crippen LogP contribution is -2.47. The average Bonchev–Trinajstić information content (AvgIpc) is 3.57. The number of hydrogen-bond donors (Lipinski definition) is 5. The molecule has 0 bridgehead atoms. The van der Waals surface area contributed by atoms with E-state index >= 15 is 0 Å². The first-order valence-corrected chi connectivity index (χ1v) is 24.3. The molecule has 3 amide bonds. The van der Waals surface area contributed by atoms with Gasteiger partial charge in [-0.05, 0) is 140 Å². The SMILES string of the molecule is Cc1c(C)c(S(=O)(=O)NC(=NCCC[C@H](NC(=O)CCCCCC(=O)OC(C)(C)C)C(=O)NCCCCCNC(=O)c2ccc(C(=O)O)c3ccccc23)N(C)C)c(C)c2c1OC(C)(C)C2. The number of nitrogens with one attached hydrogen (secondary N) is 4. The molecule has 16 nitrogen and oxygen atoms in total. The Morgan fingerprint density at radius 1 is 0.833 bits per heavy atom. The monoisotopic (exact) mass is 934 g/mol. The summed E-state index contributed by atoms with van der Waals surface area (Å²) >= 11 is 0. The van der Waals surface area contributed by atoms with Gasteiger partial charge < -0.3 is 35.4 Å². The Labute approximate surface area is 390 Å². The Balaban J connectivity index is 1.33. The molecule has 5 N–H and O–H groups in total. The molecule has 4 rings (SSSR count). The van der Waals surface area contributed by atoms with Gasteiger partial charge in [0.15, 0.2) is 0 Å². The Kier molecular flexibility index (Phi) is 18.6. The highest BCUT2D eigenvalue weighted by Gasteiger charge is 2.37. The number of aliphatic imine (C=N–C) groups is 1. The van der Waals surface area contributed by atoms with Crippen LogP contribution in [0, 0.1) is 20.8 Å². The van der Waals surface area contributed by atoms with E-state index in [1.54, 1.807) is 57.1 Å². The van der Waals surface area contributed by atoms with Gasteiger partial charge in [-0.2, -0.15) is 0 Å². The first kappa shape index (κ1) is 52.9. The zero-order chi connectivity index (χ0) is 49.0. The Morgan fingerprint density at radius 2 is 1.44 bits per heavy atom. The van der Waals surface area contributed by atoms with Crippen molar-refractivity contribution in [2.75, 3.05) is 33.7 Å². The quantitative estimate of drug-likeness (QED) is 0.0311. The third-order valence-electron chi connectivity index (χ3n) is 11.3. The van der Waals surface area contributed by atoms with E-state index in [1.807, 2.05) is 41.5 Å². The molecule has 0 radical (unpaired) electrons. The largest absolute Gasteiger partial charge is 0.487 e. The van der Waals surface area contributed by atoms with Gasteiger partial charge in [-0.3, -0.25) is 24.2 Å². The van der Waals surface area contributed by atoms with Crippen molar-refractivity contribution in [1.29, 1.82) is 0 Å².